The van der Waals surface area contributed by atoms with Crippen LogP contribution in [0.1, 0.15) is 48.3 Å². The van der Waals surface area contributed by atoms with E-state index < -0.39 is 0 Å². The molecule has 0 fully saturated rings. The summed E-state index contributed by atoms with van der Waals surface area (Å²) >= 11 is 18.6. The highest BCUT2D eigenvalue weighted by Gasteiger charge is 2.15. The number of rotatable bonds is 4. The quantitative estimate of drug-likeness (QED) is 0.539. The highest BCUT2D eigenvalue weighted by molar-refractivity contribution is 6.36. The maximum atomic E-state index is 6.53. The Labute approximate surface area is 135 Å². The lowest BCUT2D eigenvalue weighted by molar-refractivity contribution is 0.733. The molecular weight excluding hydrogens is 311 g/mol. The fourth-order valence-corrected chi connectivity index (χ4v) is 3.03. The summed E-state index contributed by atoms with van der Waals surface area (Å²) in [6, 6.07) is 13.8. The molecule has 2 atom stereocenters. The fourth-order valence-electron chi connectivity index (χ4n) is 2.12. The Balaban J connectivity index is 2.26. The van der Waals surface area contributed by atoms with Crippen LogP contribution in [0.4, 0.5) is 0 Å². The van der Waals surface area contributed by atoms with Gasteiger partial charge in [-0.05, 0) is 41.2 Å². The molecule has 3 heteroatoms. The molecule has 0 saturated heterocycles. The predicted molar refractivity (Wildman–Crippen MR) is 89.3 cm³/mol. The summed E-state index contributed by atoms with van der Waals surface area (Å²) in [6.07, 6.45) is 1.13. The Morgan fingerprint density at radius 3 is 2.10 bits per heavy atom. The standard InChI is InChI=1S/C17H17Cl3/c1-3-11(2)12-4-6-13(7-5-12)17(20)15-9-8-14(18)10-16(15)19/h4-11,17H,3H2,1-2H3. The van der Waals surface area contributed by atoms with Crippen LogP contribution < -0.4 is 0 Å². The fraction of sp³-hybridized carbons (Fsp3) is 0.294. The molecule has 0 aliphatic rings. The van der Waals surface area contributed by atoms with Crippen molar-refractivity contribution < 1.29 is 0 Å². The zero-order valence-corrected chi connectivity index (χ0v) is 13.8. The molecule has 0 aromatic heterocycles. The number of hydrogen-bond donors (Lipinski definition) is 0. The van der Waals surface area contributed by atoms with E-state index in [1.165, 1.54) is 5.56 Å². The molecule has 2 aromatic rings. The molecule has 0 aliphatic heterocycles. The summed E-state index contributed by atoms with van der Waals surface area (Å²) in [6.45, 7) is 4.42. The number of hydrogen-bond acceptors (Lipinski definition) is 0. The van der Waals surface area contributed by atoms with E-state index in [0.717, 1.165) is 17.5 Å². The van der Waals surface area contributed by atoms with Gasteiger partial charge in [0.1, 0.15) is 0 Å². The summed E-state index contributed by atoms with van der Waals surface area (Å²) in [5.41, 5.74) is 3.26. The van der Waals surface area contributed by atoms with Crippen molar-refractivity contribution in [3.63, 3.8) is 0 Å². The SMILES string of the molecule is CCC(C)c1ccc(C(Cl)c2ccc(Cl)cc2Cl)cc1. The van der Waals surface area contributed by atoms with Crippen molar-refractivity contribution in [2.24, 2.45) is 0 Å². The molecule has 0 spiro atoms. The summed E-state index contributed by atoms with van der Waals surface area (Å²) < 4.78 is 0. The maximum absolute atomic E-state index is 6.53. The lowest BCUT2D eigenvalue weighted by Gasteiger charge is -2.14. The van der Waals surface area contributed by atoms with E-state index in [1.54, 1.807) is 6.07 Å². The van der Waals surface area contributed by atoms with Gasteiger partial charge in [0.15, 0.2) is 0 Å². The van der Waals surface area contributed by atoms with Crippen LogP contribution in [0.25, 0.3) is 0 Å². The average Bonchev–Trinajstić information content (AvgIpc) is 2.46. The van der Waals surface area contributed by atoms with Gasteiger partial charge in [0.2, 0.25) is 0 Å². The Morgan fingerprint density at radius 1 is 0.950 bits per heavy atom. The van der Waals surface area contributed by atoms with E-state index in [2.05, 4.69) is 38.1 Å². The van der Waals surface area contributed by atoms with E-state index >= 15 is 0 Å². The van der Waals surface area contributed by atoms with Crippen molar-refractivity contribution in [1.82, 2.24) is 0 Å². The molecule has 0 nitrogen and oxygen atoms in total. The highest BCUT2D eigenvalue weighted by atomic mass is 35.5. The maximum Gasteiger partial charge on any atom is 0.0849 e. The van der Waals surface area contributed by atoms with Crippen molar-refractivity contribution in [3.05, 3.63) is 69.2 Å². The predicted octanol–water partition coefficient (Wildman–Crippen LogP) is 6.84. The van der Waals surface area contributed by atoms with E-state index in [4.69, 9.17) is 34.8 Å². The van der Waals surface area contributed by atoms with Gasteiger partial charge in [0.25, 0.3) is 0 Å². The average molecular weight is 328 g/mol. The molecule has 106 valence electrons. The molecule has 0 N–H and O–H groups in total. The molecular formula is C17H17Cl3. The first-order valence-corrected chi connectivity index (χ1v) is 7.91. The van der Waals surface area contributed by atoms with Crippen molar-refractivity contribution in [3.8, 4) is 0 Å². The Kier molecular flexibility index (Phi) is 5.37. The van der Waals surface area contributed by atoms with Gasteiger partial charge in [-0.2, -0.15) is 0 Å². The van der Waals surface area contributed by atoms with E-state index in [0.29, 0.717) is 16.0 Å². The van der Waals surface area contributed by atoms with Gasteiger partial charge in [-0.1, -0.05) is 67.4 Å². The van der Waals surface area contributed by atoms with E-state index in [9.17, 15) is 0 Å². The van der Waals surface area contributed by atoms with E-state index in [1.807, 2.05) is 12.1 Å². The third-order valence-electron chi connectivity index (χ3n) is 3.65. The van der Waals surface area contributed by atoms with Crippen LogP contribution in [0.5, 0.6) is 0 Å². The van der Waals surface area contributed by atoms with Crippen LogP contribution in [0, 0.1) is 0 Å². The third kappa shape index (κ3) is 3.49. The van der Waals surface area contributed by atoms with Crippen LogP contribution in [-0.2, 0) is 0 Å². The molecule has 0 bridgehead atoms. The first-order valence-electron chi connectivity index (χ1n) is 6.71. The van der Waals surface area contributed by atoms with Crippen molar-refractivity contribution >= 4 is 34.8 Å². The molecule has 0 aliphatic carbocycles. The second-order valence-electron chi connectivity index (χ2n) is 5.00. The smallest absolute Gasteiger partial charge is 0.0849 e. The molecule has 2 unspecified atom stereocenters. The van der Waals surface area contributed by atoms with Crippen LogP contribution >= 0.6 is 34.8 Å². The molecule has 0 radical (unpaired) electrons. The summed E-state index contributed by atoms with van der Waals surface area (Å²) in [5.74, 6) is 0.567. The van der Waals surface area contributed by atoms with Gasteiger partial charge in [-0.3, -0.25) is 0 Å². The van der Waals surface area contributed by atoms with Gasteiger partial charge < -0.3 is 0 Å². The minimum atomic E-state index is -0.259. The number of halogens is 3. The highest BCUT2D eigenvalue weighted by Crippen LogP contribution is 2.35. The lowest BCUT2D eigenvalue weighted by atomic mass is 9.96. The Hall–Kier alpha value is -0.690. The summed E-state index contributed by atoms with van der Waals surface area (Å²) in [4.78, 5) is 0. The molecule has 2 aromatic carbocycles. The second-order valence-corrected chi connectivity index (χ2v) is 6.28. The van der Waals surface area contributed by atoms with Gasteiger partial charge in [-0.25, -0.2) is 0 Å². The monoisotopic (exact) mass is 326 g/mol. The van der Waals surface area contributed by atoms with Crippen LogP contribution in [0.3, 0.4) is 0 Å². The van der Waals surface area contributed by atoms with Gasteiger partial charge in [-0.15, -0.1) is 11.6 Å². The van der Waals surface area contributed by atoms with Gasteiger partial charge >= 0.3 is 0 Å². The van der Waals surface area contributed by atoms with E-state index in [-0.39, 0.29) is 5.38 Å². The largest absolute Gasteiger partial charge is 0.113 e. The first kappa shape index (κ1) is 15.7. The molecule has 2 rings (SSSR count). The lowest BCUT2D eigenvalue weighted by Crippen LogP contribution is -1.96. The normalized spacial score (nSPS) is 14.1. The Bertz CT molecular complexity index is 575. The van der Waals surface area contributed by atoms with Gasteiger partial charge in [0, 0.05) is 10.0 Å². The van der Waals surface area contributed by atoms with Gasteiger partial charge in [0.05, 0.1) is 5.38 Å². The van der Waals surface area contributed by atoms with Crippen LogP contribution in [0.2, 0.25) is 10.0 Å². The third-order valence-corrected chi connectivity index (χ3v) is 4.70. The molecule has 0 heterocycles. The Morgan fingerprint density at radius 2 is 1.55 bits per heavy atom. The van der Waals surface area contributed by atoms with Crippen molar-refractivity contribution in [1.29, 1.82) is 0 Å². The summed E-state index contributed by atoms with van der Waals surface area (Å²) in [5, 5.41) is 0.962. The summed E-state index contributed by atoms with van der Waals surface area (Å²) in [7, 11) is 0. The second kappa shape index (κ2) is 6.85. The number of benzene rings is 2. The zero-order chi connectivity index (χ0) is 14.7. The minimum absolute atomic E-state index is 0.259. The molecule has 0 amide bonds. The number of alkyl halides is 1. The van der Waals surface area contributed by atoms with Crippen LogP contribution in [-0.4, -0.2) is 0 Å². The minimum Gasteiger partial charge on any atom is -0.113 e. The molecule has 0 saturated carbocycles. The van der Waals surface area contributed by atoms with Crippen LogP contribution in [0.15, 0.2) is 42.5 Å². The topological polar surface area (TPSA) is 0 Å². The first-order chi connectivity index (χ1) is 9.52. The zero-order valence-electron chi connectivity index (χ0n) is 11.5. The van der Waals surface area contributed by atoms with Crippen molar-refractivity contribution in [2.75, 3.05) is 0 Å². The van der Waals surface area contributed by atoms with Crippen molar-refractivity contribution in [2.45, 2.75) is 31.6 Å². The molecule has 20 heavy (non-hydrogen) atoms.